The Labute approximate surface area is 197 Å². The maximum absolute atomic E-state index is 11.9. The number of anilines is 1. The molecule has 1 heterocycles. The van der Waals surface area contributed by atoms with Crippen molar-refractivity contribution >= 4 is 12.0 Å². The van der Waals surface area contributed by atoms with Gasteiger partial charge in [0, 0.05) is 28.9 Å². The Hall–Kier alpha value is -2.83. The van der Waals surface area contributed by atoms with E-state index in [1.54, 1.807) is 11.1 Å². The SMILES string of the molecule is Cc1cc(-c2ccnc(NC3CC3)n2)ccc1OC[C@@H](C)CC(C)(C)N(C(=O)O)C(C)(C)C. The van der Waals surface area contributed by atoms with Crippen LogP contribution in [0.3, 0.4) is 0 Å². The lowest BCUT2D eigenvalue weighted by Gasteiger charge is -2.46. The van der Waals surface area contributed by atoms with Crippen molar-refractivity contribution in [3.63, 3.8) is 0 Å². The van der Waals surface area contributed by atoms with Crippen molar-refractivity contribution < 1.29 is 14.6 Å². The van der Waals surface area contributed by atoms with Crippen LogP contribution in [0.1, 0.15) is 66.4 Å². The number of rotatable bonds is 9. The van der Waals surface area contributed by atoms with Crippen molar-refractivity contribution in [3.05, 3.63) is 36.0 Å². The maximum atomic E-state index is 11.9. The van der Waals surface area contributed by atoms with Gasteiger partial charge >= 0.3 is 6.09 Å². The summed E-state index contributed by atoms with van der Waals surface area (Å²) in [6.07, 6.45) is 3.95. The van der Waals surface area contributed by atoms with Crippen molar-refractivity contribution in [2.75, 3.05) is 11.9 Å². The number of hydrogen-bond acceptors (Lipinski definition) is 5. The Morgan fingerprint density at radius 3 is 2.52 bits per heavy atom. The minimum absolute atomic E-state index is 0.182. The number of aromatic nitrogens is 2. The van der Waals surface area contributed by atoms with Gasteiger partial charge in [0.15, 0.2) is 0 Å². The fourth-order valence-electron chi connectivity index (χ4n) is 4.66. The van der Waals surface area contributed by atoms with Crippen molar-refractivity contribution in [2.45, 2.75) is 84.8 Å². The smallest absolute Gasteiger partial charge is 0.408 e. The highest BCUT2D eigenvalue weighted by molar-refractivity contribution is 5.67. The first-order valence-electron chi connectivity index (χ1n) is 11.7. The standard InChI is InChI=1S/C26H38N4O3/c1-17(15-26(6,7)30(24(31)32)25(3,4)5)16-33-22-11-8-19(14-18(22)2)21-12-13-27-23(29-21)28-20-9-10-20/h8,11-14,17,20H,9-10,15-16H2,1-7H3,(H,31,32)(H,27,28,29)/t17-/m0/s1. The molecule has 3 rings (SSSR count). The summed E-state index contributed by atoms with van der Waals surface area (Å²) in [5, 5.41) is 13.1. The van der Waals surface area contributed by atoms with Crippen LogP contribution in [-0.4, -0.2) is 49.8 Å². The molecule has 1 aliphatic rings. The molecule has 1 aromatic heterocycles. The molecule has 2 N–H and O–H groups in total. The van der Waals surface area contributed by atoms with Crippen molar-refractivity contribution in [1.82, 2.24) is 14.9 Å². The van der Waals surface area contributed by atoms with E-state index in [1.807, 2.05) is 59.7 Å². The molecule has 7 heteroatoms. The van der Waals surface area contributed by atoms with Crippen LogP contribution >= 0.6 is 0 Å². The second-order valence-corrected chi connectivity index (χ2v) is 10.9. The van der Waals surface area contributed by atoms with Gasteiger partial charge < -0.3 is 15.2 Å². The van der Waals surface area contributed by atoms with Gasteiger partial charge in [-0.05, 0) is 96.6 Å². The summed E-state index contributed by atoms with van der Waals surface area (Å²) in [6, 6.07) is 8.51. The van der Waals surface area contributed by atoms with Gasteiger partial charge in [-0.15, -0.1) is 0 Å². The monoisotopic (exact) mass is 454 g/mol. The summed E-state index contributed by atoms with van der Waals surface area (Å²) in [7, 11) is 0. The Morgan fingerprint density at radius 1 is 1.24 bits per heavy atom. The van der Waals surface area contributed by atoms with E-state index in [2.05, 4.69) is 28.3 Å². The number of amides is 1. The van der Waals surface area contributed by atoms with Gasteiger partial charge in [-0.25, -0.2) is 14.8 Å². The summed E-state index contributed by atoms with van der Waals surface area (Å²) in [5.74, 6) is 1.69. The molecule has 1 aliphatic carbocycles. The number of carbonyl (C=O) groups is 1. The first kappa shape index (κ1) is 24.8. The molecule has 0 bridgehead atoms. The van der Waals surface area contributed by atoms with Gasteiger partial charge in [-0.3, -0.25) is 4.90 Å². The van der Waals surface area contributed by atoms with Crippen molar-refractivity contribution in [3.8, 4) is 17.0 Å². The average Bonchev–Trinajstić information content (AvgIpc) is 3.48. The lowest BCUT2D eigenvalue weighted by molar-refractivity contribution is 0.0187. The van der Waals surface area contributed by atoms with E-state index >= 15 is 0 Å². The highest BCUT2D eigenvalue weighted by atomic mass is 16.5. The third-order valence-corrected chi connectivity index (χ3v) is 5.88. The van der Waals surface area contributed by atoms with Crippen LogP contribution in [0.15, 0.2) is 30.5 Å². The Kier molecular flexibility index (Phi) is 7.20. The summed E-state index contributed by atoms with van der Waals surface area (Å²) in [4.78, 5) is 22.4. The van der Waals surface area contributed by atoms with Gasteiger partial charge in [0.25, 0.3) is 0 Å². The minimum Gasteiger partial charge on any atom is -0.493 e. The number of nitrogens with zero attached hydrogens (tertiary/aromatic N) is 3. The first-order valence-corrected chi connectivity index (χ1v) is 11.7. The molecule has 0 aliphatic heterocycles. The fourth-order valence-corrected chi connectivity index (χ4v) is 4.66. The van der Waals surface area contributed by atoms with E-state index in [0.717, 1.165) is 22.6 Å². The summed E-state index contributed by atoms with van der Waals surface area (Å²) in [6.45, 7) is 14.4. The van der Waals surface area contributed by atoms with Crippen LogP contribution in [0.4, 0.5) is 10.7 Å². The molecule has 1 saturated carbocycles. The Bertz CT molecular complexity index is 980. The van der Waals surface area contributed by atoms with Crippen LogP contribution < -0.4 is 10.1 Å². The zero-order chi connectivity index (χ0) is 24.4. The van der Waals surface area contributed by atoms with Crippen LogP contribution in [0.2, 0.25) is 0 Å². The number of carboxylic acid groups (broad SMARTS) is 1. The highest BCUT2D eigenvalue weighted by Gasteiger charge is 2.39. The Balaban J connectivity index is 1.63. The molecule has 0 radical (unpaired) electrons. The molecule has 1 amide bonds. The van der Waals surface area contributed by atoms with E-state index in [-0.39, 0.29) is 5.92 Å². The zero-order valence-corrected chi connectivity index (χ0v) is 21.0. The number of ether oxygens (including phenoxy) is 1. The molecule has 180 valence electrons. The molecule has 0 unspecified atom stereocenters. The van der Waals surface area contributed by atoms with E-state index < -0.39 is 17.2 Å². The molecule has 0 spiro atoms. The molecule has 1 atom stereocenters. The molecule has 0 saturated heterocycles. The van der Waals surface area contributed by atoms with Gasteiger partial charge in [0.1, 0.15) is 5.75 Å². The summed E-state index contributed by atoms with van der Waals surface area (Å²) < 4.78 is 6.13. The lowest BCUT2D eigenvalue weighted by atomic mass is 9.87. The van der Waals surface area contributed by atoms with E-state index in [1.165, 1.54) is 12.8 Å². The largest absolute Gasteiger partial charge is 0.493 e. The summed E-state index contributed by atoms with van der Waals surface area (Å²) in [5.41, 5.74) is 1.96. The molecule has 33 heavy (non-hydrogen) atoms. The highest BCUT2D eigenvalue weighted by Crippen LogP contribution is 2.32. The molecule has 7 nitrogen and oxygen atoms in total. The molecule has 1 aromatic carbocycles. The molecular formula is C26H38N4O3. The van der Waals surface area contributed by atoms with Crippen LogP contribution in [0, 0.1) is 12.8 Å². The number of nitrogens with one attached hydrogen (secondary N) is 1. The van der Waals surface area contributed by atoms with Crippen molar-refractivity contribution in [2.24, 2.45) is 5.92 Å². The maximum Gasteiger partial charge on any atom is 0.408 e. The molecule has 1 fully saturated rings. The predicted molar refractivity (Wildman–Crippen MR) is 132 cm³/mol. The van der Waals surface area contributed by atoms with Crippen LogP contribution in [0.25, 0.3) is 11.3 Å². The lowest BCUT2D eigenvalue weighted by Crippen LogP contribution is -2.57. The first-order chi connectivity index (χ1) is 15.4. The van der Waals surface area contributed by atoms with Gasteiger partial charge in [0.05, 0.1) is 12.3 Å². The minimum atomic E-state index is -0.896. The third-order valence-electron chi connectivity index (χ3n) is 5.88. The van der Waals surface area contributed by atoms with E-state index in [9.17, 15) is 9.90 Å². The van der Waals surface area contributed by atoms with Crippen LogP contribution in [-0.2, 0) is 0 Å². The average molecular weight is 455 g/mol. The van der Waals surface area contributed by atoms with Crippen molar-refractivity contribution in [1.29, 1.82) is 0 Å². The normalized spacial score (nSPS) is 15.1. The number of benzene rings is 1. The van der Waals surface area contributed by atoms with Gasteiger partial charge in [0.2, 0.25) is 5.95 Å². The predicted octanol–water partition coefficient (Wildman–Crippen LogP) is 5.99. The second-order valence-electron chi connectivity index (χ2n) is 10.9. The number of hydrogen-bond donors (Lipinski definition) is 2. The van der Waals surface area contributed by atoms with E-state index in [4.69, 9.17) is 4.74 Å². The quantitative estimate of drug-likeness (QED) is 0.484. The van der Waals surface area contributed by atoms with Crippen LogP contribution in [0.5, 0.6) is 5.75 Å². The zero-order valence-electron chi connectivity index (χ0n) is 21.0. The third kappa shape index (κ3) is 6.59. The molecular weight excluding hydrogens is 416 g/mol. The topological polar surface area (TPSA) is 87.6 Å². The summed E-state index contributed by atoms with van der Waals surface area (Å²) >= 11 is 0. The Morgan fingerprint density at radius 2 is 1.94 bits per heavy atom. The van der Waals surface area contributed by atoms with Gasteiger partial charge in [-0.1, -0.05) is 6.92 Å². The molecule has 2 aromatic rings. The fraction of sp³-hybridized carbons (Fsp3) is 0.577. The van der Waals surface area contributed by atoms with Gasteiger partial charge in [-0.2, -0.15) is 0 Å². The number of aryl methyl sites for hydroxylation is 1. The van der Waals surface area contributed by atoms with E-state index in [0.29, 0.717) is 25.0 Å². The second kappa shape index (κ2) is 9.57.